The van der Waals surface area contributed by atoms with E-state index in [1.54, 1.807) is 0 Å². The highest BCUT2D eigenvalue weighted by molar-refractivity contribution is 5.82. The van der Waals surface area contributed by atoms with Gasteiger partial charge in [-0.25, -0.2) is 9.59 Å². The van der Waals surface area contributed by atoms with Crippen LogP contribution in [-0.2, 0) is 14.3 Å². The van der Waals surface area contributed by atoms with Crippen molar-refractivity contribution in [2.45, 2.75) is 96.3 Å². The van der Waals surface area contributed by atoms with E-state index in [1.807, 2.05) is 20.8 Å². The van der Waals surface area contributed by atoms with E-state index < -0.39 is 17.7 Å². The molecule has 2 aliphatic rings. The van der Waals surface area contributed by atoms with Gasteiger partial charge in [0, 0.05) is 0 Å². The Bertz CT molecular complexity index is 404. The minimum absolute atomic E-state index is 0.0222. The molecule has 0 heterocycles. The molecular formula is C18H31NO4. The van der Waals surface area contributed by atoms with Gasteiger partial charge in [-0.1, -0.05) is 19.3 Å². The fourth-order valence-electron chi connectivity index (χ4n) is 3.52. The lowest BCUT2D eigenvalue weighted by molar-refractivity contribution is -0.153. The van der Waals surface area contributed by atoms with Crippen LogP contribution in [0, 0.1) is 5.92 Å². The van der Waals surface area contributed by atoms with E-state index in [1.165, 1.54) is 6.42 Å². The van der Waals surface area contributed by atoms with Gasteiger partial charge in [0.25, 0.3) is 0 Å². The fraction of sp³-hybridized carbons (Fsp3) is 0.889. The van der Waals surface area contributed by atoms with E-state index >= 15 is 0 Å². The van der Waals surface area contributed by atoms with Gasteiger partial charge in [0.2, 0.25) is 0 Å². The predicted molar refractivity (Wildman–Crippen MR) is 88.1 cm³/mol. The molecule has 132 valence electrons. The van der Waals surface area contributed by atoms with E-state index in [9.17, 15) is 9.59 Å². The maximum Gasteiger partial charge on any atom is 0.408 e. The SMILES string of the molecule is CC(C)(C)OC(=O)N[C@H](C(=O)OC1CCCC1)C1CCCCC1. The van der Waals surface area contributed by atoms with Gasteiger partial charge in [0.1, 0.15) is 17.7 Å². The summed E-state index contributed by atoms with van der Waals surface area (Å²) in [5.74, 6) is -0.125. The molecule has 5 nitrogen and oxygen atoms in total. The van der Waals surface area contributed by atoms with Gasteiger partial charge in [0.05, 0.1) is 0 Å². The van der Waals surface area contributed by atoms with Gasteiger partial charge in [-0.05, 0) is 65.2 Å². The van der Waals surface area contributed by atoms with Crippen LogP contribution in [0.2, 0.25) is 0 Å². The first kappa shape index (κ1) is 18.1. The van der Waals surface area contributed by atoms with Crippen molar-refractivity contribution >= 4 is 12.1 Å². The fourth-order valence-corrected chi connectivity index (χ4v) is 3.52. The largest absolute Gasteiger partial charge is 0.461 e. The highest BCUT2D eigenvalue weighted by atomic mass is 16.6. The van der Waals surface area contributed by atoms with Crippen molar-refractivity contribution in [3.05, 3.63) is 0 Å². The molecule has 1 amide bonds. The van der Waals surface area contributed by atoms with Crippen LogP contribution in [-0.4, -0.2) is 29.8 Å². The molecule has 0 aromatic rings. The topological polar surface area (TPSA) is 64.6 Å². The number of nitrogens with one attached hydrogen (secondary N) is 1. The highest BCUT2D eigenvalue weighted by Crippen LogP contribution is 2.29. The van der Waals surface area contributed by atoms with Crippen molar-refractivity contribution in [3.8, 4) is 0 Å². The molecule has 0 saturated heterocycles. The Morgan fingerprint density at radius 1 is 0.957 bits per heavy atom. The van der Waals surface area contributed by atoms with Crippen LogP contribution >= 0.6 is 0 Å². The lowest BCUT2D eigenvalue weighted by Gasteiger charge is -2.31. The normalized spacial score (nSPS) is 21.7. The number of carbonyl (C=O) groups excluding carboxylic acids is 2. The second-order valence-electron chi connectivity index (χ2n) is 7.87. The van der Waals surface area contributed by atoms with Crippen molar-refractivity contribution in [1.29, 1.82) is 0 Å². The van der Waals surface area contributed by atoms with Crippen LogP contribution in [0.4, 0.5) is 4.79 Å². The summed E-state index contributed by atoms with van der Waals surface area (Å²) in [6, 6.07) is -0.578. The summed E-state index contributed by atoms with van der Waals surface area (Å²) in [6.45, 7) is 5.46. The summed E-state index contributed by atoms with van der Waals surface area (Å²) in [6.07, 6.45) is 8.93. The van der Waals surface area contributed by atoms with E-state index in [-0.39, 0.29) is 18.0 Å². The molecular weight excluding hydrogens is 294 g/mol. The van der Waals surface area contributed by atoms with Gasteiger partial charge in [0.15, 0.2) is 0 Å². The molecule has 0 unspecified atom stereocenters. The molecule has 2 saturated carbocycles. The van der Waals surface area contributed by atoms with Gasteiger partial charge in [-0.3, -0.25) is 0 Å². The Balaban J connectivity index is 1.98. The average Bonchev–Trinajstić information content (AvgIpc) is 2.96. The number of ether oxygens (including phenoxy) is 2. The number of hydrogen-bond acceptors (Lipinski definition) is 4. The Hall–Kier alpha value is -1.26. The number of hydrogen-bond donors (Lipinski definition) is 1. The average molecular weight is 325 g/mol. The van der Waals surface area contributed by atoms with Crippen LogP contribution in [0.15, 0.2) is 0 Å². The van der Waals surface area contributed by atoms with E-state index in [2.05, 4.69) is 5.32 Å². The number of alkyl carbamates (subject to hydrolysis) is 1. The molecule has 0 aromatic carbocycles. The molecule has 0 aliphatic heterocycles. The van der Waals surface area contributed by atoms with E-state index in [0.29, 0.717) is 0 Å². The summed E-state index contributed by atoms with van der Waals surface area (Å²) >= 11 is 0. The number of esters is 1. The van der Waals surface area contributed by atoms with Gasteiger partial charge in [-0.2, -0.15) is 0 Å². The van der Waals surface area contributed by atoms with Crippen LogP contribution in [0.25, 0.3) is 0 Å². The first-order chi connectivity index (χ1) is 10.8. The maximum atomic E-state index is 12.6. The third-order valence-corrected chi connectivity index (χ3v) is 4.63. The molecule has 23 heavy (non-hydrogen) atoms. The molecule has 2 fully saturated rings. The molecule has 1 atom stereocenters. The predicted octanol–water partition coefficient (Wildman–Crippen LogP) is 3.95. The van der Waals surface area contributed by atoms with Crippen LogP contribution in [0.1, 0.15) is 78.6 Å². The van der Waals surface area contributed by atoms with E-state index in [0.717, 1.165) is 51.4 Å². The molecule has 0 aromatic heterocycles. The second-order valence-corrected chi connectivity index (χ2v) is 7.87. The molecule has 0 spiro atoms. The van der Waals surface area contributed by atoms with Crippen molar-refractivity contribution in [3.63, 3.8) is 0 Å². The second kappa shape index (κ2) is 8.02. The number of amides is 1. The first-order valence-corrected chi connectivity index (χ1v) is 9.05. The molecule has 1 N–H and O–H groups in total. The van der Waals surface area contributed by atoms with Gasteiger partial charge in [-0.15, -0.1) is 0 Å². The van der Waals surface area contributed by atoms with Crippen LogP contribution in [0.5, 0.6) is 0 Å². The quantitative estimate of drug-likeness (QED) is 0.795. The first-order valence-electron chi connectivity index (χ1n) is 9.05. The van der Waals surface area contributed by atoms with Crippen LogP contribution in [0.3, 0.4) is 0 Å². The Morgan fingerprint density at radius 3 is 2.09 bits per heavy atom. The lowest BCUT2D eigenvalue weighted by Crippen LogP contribution is -2.49. The summed E-state index contributed by atoms with van der Waals surface area (Å²) in [5.41, 5.74) is -0.573. The summed E-state index contributed by atoms with van der Waals surface area (Å²) < 4.78 is 11.0. The van der Waals surface area contributed by atoms with Gasteiger partial charge >= 0.3 is 12.1 Å². The zero-order chi connectivity index (χ0) is 16.9. The van der Waals surface area contributed by atoms with E-state index in [4.69, 9.17) is 9.47 Å². The zero-order valence-corrected chi connectivity index (χ0v) is 14.7. The number of rotatable bonds is 4. The van der Waals surface area contributed by atoms with Crippen LogP contribution < -0.4 is 5.32 Å². The standard InChI is InChI=1S/C18H31NO4/c1-18(2,3)23-17(21)19-15(13-9-5-4-6-10-13)16(20)22-14-11-7-8-12-14/h13-15H,4-12H2,1-3H3,(H,19,21)/t15-/m0/s1. The van der Waals surface area contributed by atoms with Crippen molar-refractivity contribution < 1.29 is 19.1 Å². The molecule has 0 bridgehead atoms. The highest BCUT2D eigenvalue weighted by Gasteiger charge is 2.35. The molecule has 2 rings (SSSR count). The van der Waals surface area contributed by atoms with Crippen molar-refractivity contribution in [2.24, 2.45) is 5.92 Å². The molecule has 0 radical (unpaired) electrons. The Morgan fingerprint density at radius 2 is 1.52 bits per heavy atom. The third kappa shape index (κ3) is 6.04. The maximum absolute atomic E-state index is 12.6. The minimum Gasteiger partial charge on any atom is -0.461 e. The summed E-state index contributed by atoms with van der Waals surface area (Å²) in [4.78, 5) is 24.7. The van der Waals surface area contributed by atoms with Crippen molar-refractivity contribution in [1.82, 2.24) is 5.32 Å². The number of carbonyl (C=O) groups is 2. The van der Waals surface area contributed by atoms with Crippen molar-refractivity contribution in [2.75, 3.05) is 0 Å². The summed E-state index contributed by atoms with van der Waals surface area (Å²) in [5, 5.41) is 2.78. The Kier molecular flexibility index (Phi) is 6.31. The molecule has 2 aliphatic carbocycles. The van der Waals surface area contributed by atoms with Gasteiger partial charge < -0.3 is 14.8 Å². The minimum atomic E-state index is -0.578. The summed E-state index contributed by atoms with van der Waals surface area (Å²) in [7, 11) is 0. The third-order valence-electron chi connectivity index (χ3n) is 4.63. The Labute approximate surface area is 139 Å². The lowest BCUT2D eigenvalue weighted by atomic mass is 9.84. The zero-order valence-electron chi connectivity index (χ0n) is 14.7. The smallest absolute Gasteiger partial charge is 0.408 e. The monoisotopic (exact) mass is 325 g/mol. The molecule has 5 heteroatoms.